The maximum atomic E-state index is 13.3. The van der Waals surface area contributed by atoms with Gasteiger partial charge >= 0.3 is 5.97 Å². The van der Waals surface area contributed by atoms with Crippen LogP contribution < -0.4 is 10.9 Å². The first-order valence-electron chi connectivity index (χ1n) is 10.3. The topological polar surface area (TPSA) is 86.1 Å². The van der Waals surface area contributed by atoms with E-state index in [1.54, 1.807) is 5.51 Å². The van der Waals surface area contributed by atoms with Gasteiger partial charge in [-0.15, -0.1) is 11.3 Å². The first kappa shape index (κ1) is 19.2. The van der Waals surface area contributed by atoms with Gasteiger partial charge in [-0.25, -0.2) is 14.8 Å². The molecule has 1 aliphatic carbocycles. The Hall–Kier alpha value is -2.74. The normalized spacial score (nSPS) is 17.6. The number of nitrogens with zero attached hydrogens (tertiary/aromatic N) is 3. The fourth-order valence-electron chi connectivity index (χ4n) is 4.82. The Balaban J connectivity index is 1.62. The van der Waals surface area contributed by atoms with Gasteiger partial charge in [-0.2, -0.15) is 0 Å². The Morgan fingerprint density at radius 1 is 1.33 bits per heavy atom. The van der Waals surface area contributed by atoms with E-state index in [1.165, 1.54) is 24.9 Å². The molecule has 0 unspecified atom stereocenters. The van der Waals surface area contributed by atoms with Gasteiger partial charge in [0.15, 0.2) is 5.69 Å². The number of carbonyl (C=O) groups excluding carboxylic acids is 1. The molecule has 0 saturated heterocycles. The largest absolute Gasteiger partial charge is 0.464 e. The number of carbonyl (C=O) groups is 1. The highest BCUT2D eigenvalue weighted by Gasteiger charge is 2.46. The van der Waals surface area contributed by atoms with Gasteiger partial charge in [0.05, 0.1) is 29.6 Å². The molecule has 30 heavy (non-hydrogen) atoms. The van der Waals surface area contributed by atoms with Crippen molar-refractivity contribution in [3.8, 4) is 0 Å². The average Bonchev–Trinajstić information content (AvgIpc) is 3.32. The summed E-state index contributed by atoms with van der Waals surface area (Å²) in [5, 5.41) is 4.70. The van der Waals surface area contributed by atoms with Crippen LogP contribution in [-0.4, -0.2) is 27.6 Å². The average molecular weight is 425 g/mol. The lowest BCUT2D eigenvalue weighted by Gasteiger charge is -2.37. The molecule has 1 fully saturated rings. The van der Waals surface area contributed by atoms with Gasteiger partial charge in [-0.05, 0) is 44.7 Å². The highest BCUT2D eigenvalue weighted by atomic mass is 32.1. The van der Waals surface area contributed by atoms with E-state index in [-0.39, 0.29) is 22.7 Å². The van der Waals surface area contributed by atoms with Gasteiger partial charge in [-0.3, -0.25) is 9.36 Å². The van der Waals surface area contributed by atoms with Crippen LogP contribution >= 0.6 is 11.3 Å². The van der Waals surface area contributed by atoms with Gasteiger partial charge in [0, 0.05) is 17.5 Å². The minimum Gasteiger partial charge on any atom is -0.464 e. The first-order chi connectivity index (χ1) is 14.4. The Bertz CT molecular complexity index is 1230. The van der Waals surface area contributed by atoms with Crippen LogP contribution in [-0.2, 0) is 16.7 Å². The summed E-state index contributed by atoms with van der Waals surface area (Å²) in [5.41, 5.74) is 4.76. The lowest BCUT2D eigenvalue weighted by Crippen LogP contribution is -2.34. The number of rotatable bonds is 4. The Kier molecular flexibility index (Phi) is 4.43. The van der Waals surface area contributed by atoms with Crippen molar-refractivity contribution in [2.75, 3.05) is 12.4 Å². The molecule has 1 aliphatic heterocycles. The van der Waals surface area contributed by atoms with Gasteiger partial charge in [0.2, 0.25) is 0 Å². The molecule has 1 aromatic carbocycles. The zero-order chi connectivity index (χ0) is 21.0. The molecule has 1 spiro atoms. The molecule has 7 nitrogen and oxygen atoms in total. The lowest BCUT2D eigenvalue weighted by atomic mass is 9.67. The number of aryl methyl sites for hydroxylation is 1. The van der Waals surface area contributed by atoms with Crippen LogP contribution in [0.3, 0.4) is 0 Å². The number of nitrogens with one attached hydrogen (secondary N) is 1. The van der Waals surface area contributed by atoms with Crippen molar-refractivity contribution in [1.29, 1.82) is 0 Å². The number of esters is 1. The predicted molar refractivity (Wildman–Crippen MR) is 116 cm³/mol. The number of hydrogen-bond acceptors (Lipinski definition) is 7. The van der Waals surface area contributed by atoms with Crippen LogP contribution in [0.1, 0.15) is 66.1 Å². The van der Waals surface area contributed by atoms with Crippen molar-refractivity contribution in [3.05, 3.63) is 50.6 Å². The van der Waals surface area contributed by atoms with Crippen LogP contribution in [0.25, 0.3) is 10.9 Å². The molecule has 0 bridgehead atoms. The molecule has 2 aromatic heterocycles. The van der Waals surface area contributed by atoms with E-state index in [2.05, 4.69) is 16.4 Å². The number of hydrogen-bond donors (Lipinski definition) is 1. The minimum absolute atomic E-state index is 0.0592. The Morgan fingerprint density at radius 3 is 2.83 bits per heavy atom. The van der Waals surface area contributed by atoms with E-state index < -0.39 is 5.97 Å². The minimum atomic E-state index is -0.471. The molecular formula is C22H24N4O3S. The monoisotopic (exact) mass is 424 g/mol. The quantitative estimate of drug-likeness (QED) is 0.639. The molecule has 3 aromatic rings. The second-order valence-corrected chi connectivity index (χ2v) is 9.27. The van der Waals surface area contributed by atoms with E-state index >= 15 is 0 Å². The molecule has 1 N–H and O–H groups in total. The number of ether oxygens (including phenoxy) is 1. The van der Waals surface area contributed by atoms with Crippen LogP contribution in [0.5, 0.6) is 0 Å². The maximum absolute atomic E-state index is 13.3. The van der Waals surface area contributed by atoms with E-state index in [4.69, 9.17) is 9.72 Å². The van der Waals surface area contributed by atoms with E-state index in [9.17, 15) is 9.59 Å². The summed E-state index contributed by atoms with van der Waals surface area (Å²) >= 11 is 1.35. The highest BCUT2D eigenvalue weighted by molar-refractivity contribution is 7.14. The van der Waals surface area contributed by atoms with Crippen molar-refractivity contribution in [3.63, 3.8) is 0 Å². The van der Waals surface area contributed by atoms with Crippen LogP contribution in [0, 0.1) is 6.92 Å². The van der Waals surface area contributed by atoms with Gasteiger partial charge in [0.1, 0.15) is 10.8 Å². The summed E-state index contributed by atoms with van der Waals surface area (Å²) in [4.78, 5) is 34.5. The van der Waals surface area contributed by atoms with Gasteiger partial charge in [-0.1, -0.05) is 12.5 Å². The van der Waals surface area contributed by atoms with Crippen molar-refractivity contribution in [1.82, 2.24) is 14.5 Å². The number of fused-ring (bicyclic) bond motifs is 3. The van der Waals surface area contributed by atoms with Crippen LogP contribution in [0.2, 0.25) is 0 Å². The number of aromatic nitrogens is 3. The molecule has 3 heterocycles. The van der Waals surface area contributed by atoms with Crippen molar-refractivity contribution < 1.29 is 9.53 Å². The predicted octanol–water partition coefficient (Wildman–Crippen LogP) is 3.95. The standard InChI is InChI=1S/C22H24N4O3S/c1-12-9-14(13(2)24-18-17(20(28)29-3)23-11-30-18)16-15(10-12)19(27)26-8-7-22(5-4-6-22)21(26)25-16/h9-11,13,24H,4-8H2,1-3H3/t13-/m1/s1. The lowest BCUT2D eigenvalue weighted by molar-refractivity contribution is 0.0596. The third kappa shape index (κ3) is 2.77. The van der Waals surface area contributed by atoms with Crippen LogP contribution in [0.15, 0.2) is 22.4 Å². The second kappa shape index (κ2) is 6.91. The molecule has 0 radical (unpaired) electrons. The molecule has 5 rings (SSSR count). The maximum Gasteiger partial charge on any atom is 0.359 e. The van der Waals surface area contributed by atoms with Crippen LogP contribution in [0.4, 0.5) is 5.00 Å². The molecule has 1 atom stereocenters. The summed E-state index contributed by atoms with van der Waals surface area (Å²) < 4.78 is 6.72. The summed E-state index contributed by atoms with van der Waals surface area (Å²) in [6.07, 6.45) is 4.44. The molecule has 8 heteroatoms. The summed E-state index contributed by atoms with van der Waals surface area (Å²) in [7, 11) is 1.34. The van der Waals surface area contributed by atoms with E-state index in [0.717, 1.165) is 48.3 Å². The summed E-state index contributed by atoms with van der Waals surface area (Å²) in [6.45, 7) is 4.77. The number of thiazole rings is 1. The first-order valence-corrected chi connectivity index (χ1v) is 11.2. The molecule has 0 amide bonds. The SMILES string of the molecule is COC(=O)c1ncsc1N[C@H](C)c1cc(C)cc2c(=O)n3c(nc12)C1(CCC1)CC3. The van der Waals surface area contributed by atoms with Gasteiger partial charge in [0.25, 0.3) is 5.56 Å². The Morgan fingerprint density at radius 2 is 2.13 bits per heavy atom. The zero-order valence-corrected chi connectivity index (χ0v) is 18.1. The zero-order valence-electron chi connectivity index (χ0n) is 17.3. The molecule has 2 aliphatic rings. The third-order valence-corrected chi connectivity index (χ3v) is 7.35. The van der Waals surface area contributed by atoms with E-state index in [1.807, 2.05) is 24.5 Å². The fourth-order valence-corrected chi connectivity index (χ4v) is 5.58. The second-order valence-electron chi connectivity index (χ2n) is 8.41. The highest BCUT2D eigenvalue weighted by Crippen LogP contribution is 2.49. The molecule has 1 saturated carbocycles. The summed E-state index contributed by atoms with van der Waals surface area (Å²) in [5.74, 6) is 0.484. The summed E-state index contributed by atoms with van der Waals surface area (Å²) in [6, 6.07) is 3.85. The number of methoxy groups -OCH3 is 1. The third-order valence-electron chi connectivity index (χ3n) is 6.59. The fraction of sp³-hybridized carbons (Fsp3) is 0.455. The molecule has 156 valence electrons. The van der Waals surface area contributed by atoms with Crippen molar-refractivity contribution >= 4 is 33.2 Å². The van der Waals surface area contributed by atoms with Gasteiger partial charge < -0.3 is 10.1 Å². The Labute approximate surface area is 178 Å². The number of benzene rings is 1. The number of anilines is 1. The molecular weight excluding hydrogens is 400 g/mol. The van der Waals surface area contributed by atoms with Crippen molar-refractivity contribution in [2.45, 2.75) is 57.5 Å². The van der Waals surface area contributed by atoms with E-state index in [0.29, 0.717) is 10.4 Å². The van der Waals surface area contributed by atoms with Crippen molar-refractivity contribution in [2.24, 2.45) is 0 Å². The smallest absolute Gasteiger partial charge is 0.359 e.